The second-order valence-corrected chi connectivity index (χ2v) is 4.16. The number of alkyl halides is 1. The van der Waals surface area contributed by atoms with Crippen LogP contribution in [0.15, 0.2) is 0 Å². The van der Waals surface area contributed by atoms with E-state index < -0.39 is 11.5 Å². The first-order chi connectivity index (χ1) is 8.01. The highest BCUT2D eigenvalue weighted by molar-refractivity contribution is 5.85. The van der Waals surface area contributed by atoms with Gasteiger partial charge in [0.1, 0.15) is 5.69 Å². The SMILES string of the molecule is CCCc1c(C(F)(CC)C(C)=O)nnn1CC. The maximum Gasteiger partial charge on any atom is 0.213 e. The van der Waals surface area contributed by atoms with Crippen LogP contribution in [0.4, 0.5) is 4.39 Å². The van der Waals surface area contributed by atoms with Crippen LogP contribution in [0.5, 0.6) is 0 Å². The molecule has 1 heterocycles. The number of aryl methyl sites for hydroxylation is 1. The first kappa shape index (κ1) is 13.8. The number of hydrogen-bond donors (Lipinski definition) is 0. The van der Waals surface area contributed by atoms with Gasteiger partial charge in [0.2, 0.25) is 5.67 Å². The van der Waals surface area contributed by atoms with Crippen molar-refractivity contribution in [3.05, 3.63) is 11.4 Å². The molecule has 1 atom stereocenters. The van der Waals surface area contributed by atoms with E-state index in [1.807, 2.05) is 13.8 Å². The van der Waals surface area contributed by atoms with Crippen molar-refractivity contribution in [2.45, 2.75) is 59.2 Å². The van der Waals surface area contributed by atoms with Gasteiger partial charge in [0, 0.05) is 6.54 Å². The quantitative estimate of drug-likeness (QED) is 0.768. The van der Waals surface area contributed by atoms with Gasteiger partial charge in [-0.15, -0.1) is 5.10 Å². The number of halogens is 1. The third-order valence-corrected chi connectivity index (χ3v) is 3.04. The van der Waals surface area contributed by atoms with E-state index in [-0.39, 0.29) is 12.1 Å². The Morgan fingerprint density at radius 1 is 1.41 bits per heavy atom. The monoisotopic (exact) mass is 241 g/mol. The number of ketones is 1. The average Bonchev–Trinajstić information content (AvgIpc) is 2.71. The lowest BCUT2D eigenvalue weighted by atomic mass is 9.92. The number of rotatable bonds is 6. The van der Waals surface area contributed by atoms with Crippen LogP contribution in [0.25, 0.3) is 0 Å². The Bertz CT molecular complexity index is 402. The molecule has 0 radical (unpaired) electrons. The van der Waals surface area contributed by atoms with Gasteiger partial charge in [-0.2, -0.15) is 0 Å². The van der Waals surface area contributed by atoms with Gasteiger partial charge in [-0.3, -0.25) is 4.79 Å². The van der Waals surface area contributed by atoms with Crippen molar-refractivity contribution in [1.82, 2.24) is 15.0 Å². The molecule has 0 aliphatic rings. The van der Waals surface area contributed by atoms with E-state index in [2.05, 4.69) is 10.3 Å². The lowest BCUT2D eigenvalue weighted by Gasteiger charge is -2.19. The molecule has 0 aliphatic heterocycles. The molecule has 0 saturated heterocycles. The fourth-order valence-electron chi connectivity index (χ4n) is 1.96. The minimum atomic E-state index is -1.99. The zero-order valence-electron chi connectivity index (χ0n) is 11.0. The predicted molar refractivity (Wildman–Crippen MR) is 63.4 cm³/mol. The summed E-state index contributed by atoms with van der Waals surface area (Å²) in [6.07, 6.45) is 1.66. The lowest BCUT2D eigenvalue weighted by Crippen LogP contribution is -2.30. The van der Waals surface area contributed by atoms with Gasteiger partial charge in [-0.1, -0.05) is 25.5 Å². The zero-order chi connectivity index (χ0) is 13.1. The molecule has 1 aromatic heterocycles. The molecule has 96 valence electrons. The van der Waals surface area contributed by atoms with Crippen LogP contribution >= 0.6 is 0 Å². The minimum absolute atomic E-state index is 0.0987. The van der Waals surface area contributed by atoms with Crippen molar-refractivity contribution in [3.63, 3.8) is 0 Å². The highest BCUT2D eigenvalue weighted by atomic mass is 19.1. The molecule has 0 fully saturated rings. The predicted octanol–water partition coefficient (Wildman–Crippen LogP) is 2.41. The number of carbonyl (C=O) groups excluding carboxylic acids is 1. The van der Waals surface area contributed by atoms with Crippen molar-refractivity contribution >= 4 is 5.78 Å². The van der Waals surface area contributed by atoms with Gasteiger partial charge in [-0.05, 0) is 26.7 Å². The van der Waals surface area contributed by atoms with Gasteiger partial charge in [-0.25, -0.2) is 9.07 Å². The summed E-state index contributed by atoms with van der Waals surface area (Å²) in [5.74, 6) is -0.500. The van der Waals surface area contributed by atoms with Crippen LogP contribution < -0.4 is 0 Å². The molecule has 1 unspecified atom stereocenters. The third kappa shape index (κ3) is 2.37. The Labute approximate surface area is 101 Å². The number of Topliss-reactive ketones (excluding diaryl/α,β-unsaturated/α-hetero) is 1. The van der Waals surface area contributed by atoms with E-state index >= 15 is 0 Å². The first-order valence-corrected chi connectivity index (χ1v) is 6.13. The molecule has 5 heteroatoms. The molecule has 0 spiro atoms. The summed E-state index contributed by atoms with van der Waals surface area (Å²) in [6.45, 7) is 7.50. The fourth-order valence-corrected chi connectivity index (χ4v) is 1.96. The number of carbonyl (C=O) groups is 1. The summed E-state index contributed by atoms with van der Waals surface area (Å²) in [7, 11) is 0. The van der Waals surface area contributed by atoms with Crippen molar-refractivity contribution in [2.24, 2.45) is 0 Å². The van der Waals surface area contributed by atoms with Crippen LogP contribution in [0.1, 0.15) is 51.9 Å². The topological polar surface area (TPSA) is 47.8 Å². The Morgan fingerprint density at radius 2 is 2.06 bits per heavy atom. The molecule has 17 heavy (non-hydrogen) atoms. The van der Waals surface area contributed by atoms with Crippen molar-refractivity contribution in [2.75, 3.05) is 0 Å². The van der Waals surface area contributed by atoms with Crippen molar-refractivity contribution in [1.29, 1.82) is 0 Å². The van der Waals surface area contributed by atoms with Gasteiger partial charge < -0.3 is 0 Å². The van der Waals surface area contributed by atoms with Gasteiger partial charge >= 0.3 is 0 Å². The summed E-state index contributed by atoms with van der Waals surface area (Å²) in [5.41, 5.74) is -1.04. The number of aromatic nitrogens is 3. The van der Waals surface area contributed by atoms with Crippen LogP contribution in [-0.2, 0) is 23.4 Å². The third-order valence-electron chi connectivity index (χ3n) is 3.04. The fraction of sp³-hybridized carbons (Fsp3) is 0.750. The van der Waals surface area contributed by atoms with Crippen LogP contribution in [-0.4, -0.2) is 20.8 Å². The Kier molecular flexibility index (Phi) is 4.37. The highest BCUT2D eigenvalue weighted by Crippen LogP contribution is 2.32. The van der Waals surface area contributed by atoms with E-state index in [4.69, 9.17) is 0 Å². The lowest BCUT2D eigenvalue weighted by molar-refractivity contribution is -0.129. The molecule has 0 bridgehead atoms. The minimum Gasteiger partial charge on any atom is -0.296 e. The van der Waals surface area contributed by atoms with E-state index in [0.717, 1.165) is 12.1 Å². The van der Waals surface area contributed by atoms with Gasteiger partial charge in [0.15, 0.2) is 5.78 Å². The summed E-state index contributed by atoms with van der Waals surface area (Å²) in [5, 5.41) is 7.81. The molecule has 1 aromatic rings. The van der Waals surface area contributed by atoms with Crippen LogP contribution in [0, 0.1) is 0 Å². The van der Waals surface area contributed by atoms with Gasteiger partial charge in [0.25, 0.3) is 0 Å². The maximum absolute atomic E-state index is 14.6. The second kappa shape index (κ2) is 5.38. The van der Waals surface area contributed by atoms with Crippen molar-refractivity contribution in [3.8, 4) is 0 Å². The largest absolute Gasteiger partial charge is 0.296 e. The molecule has 0 saturated carbocycles. The molecular formula is C12H20FN3O. The summed E-state index contributed by atoms with van der Waals surface area (Å²) < 4.78 is 16.3. The molecular weight excluding hydrogens is 221 g/mol. The normalized spacial score (nSPS) is 14.6. The maximum atomic E-state index is 14.6. The second-order valence-electron chi connectivity index (χ2n) is 4.16. The molecule has 0 N–H and O–H groups in total. The van der Waals surface area contributed by atoms with Crippen LogP contribution in [0.3, 0.4) is 0 Å². The molecule has 1 rings (SSSR count). The Hall–Kier alpha value is -1.26. The van der Waals surface area contributed by atoms with E-state index in [9.17, 15) is 9.18 Å². The summed E-state index contributed by atoms with van der Waals surface area (Å²) >= 11 is 0. The molecule has 0 aromatic carbocycles. The van der Waals surface area contributed by atoms with Crippen molar-refractivity contribution < 1.29 is 9.18 Å². The Balaban J connectivity index is 3.29. The Morgan fingerprint density at radius 3 is 2.47 bits per heavy atom. The standard InChI is InChI=1S/C12H20FN3O/c1-5-8-10-11(14-15-16(10)7-3)12(13,6-2)9(4)17/h5-8H2,1-4H3. The smallest absolute Gasteiger partial charge is 0.213 e. The van der Waals surface area contributed by atoms with Gasteiger partial charge in [0.05, 0.1) is 5.69 Å². The van der Waals surface area contributed by atoms with Crippen LogP contribution in [0.2, 0.25) is 0 Å². The summed E-state index contributed by atoms with van der Waals surface area (Å²) in [4.78, 5) is 11.5. The molecule has 0 aliphatic carbocycles. The summed E-state index contributed by atoms with van der Waals surface area (Å²) in [6, 6.07) is 0. The average molecular weight is 241 g/mol. The highest BCUT2D eigenvalue weighted by Gasteiger charge is 2.40. The zero-order valence-corrected chi connectivity index (χ0v) is 11.0. The number of nitrogens with zero attached hydrogens (tertiary/aromatic N) is 3. The van der Waals surface area contributed by atoms with E-state index in [1.165, 1.54) is 6.92 Å². The van der Waals surface area contributed by atoms with E-state index in [1.54, 1.807) is 11.6 Å². The number of hydrogen-bond acceptors (Lipinski definition) is 3. The molecule has 4 nitrogen and oxygen atoms in total. The van der Waals surface area contributed by atoms with E-state index in [0.29, 0.717) is 13.0 Å². The molecule has 0 amide bonds. The first-order valence-electron chi connectivity index (χ1n) is 6.13.